The second kappa shape index (κ2) is 6.93. The average Bonchev–Trinajstić information content (AvgIpc) is 2.52. The normalized spacial score (nSPS) is 10.2. The third-order valence-corrected chi connectivity index (χ3v) is 3.19. The molecule has 0 aromatic heterocycles. The van der Waals surface area contributed by atoms with Crippen LogP contribution in [0.4, 0.5) is 0 Å². The van der Waals surface area contributed by atoms with E-state index in [9.17, 15) is 4.79 Å². The number of benzene rings is 2. The Morgan fingerprint density at radius 3 is 2.43 bits per heavy atom. The Kier molecular flexibility index (Phi) is 4.99. The van der Waals surface area contributed by atoms with Crippen molar-refractivity contribution in [1.29, 1.82) is 0 Å². The predicted octanol–water partition coefficient (Wildman–Crippen LogP) is 4.02. The molecule has 0 aliphatic carbocycles. The second-order valence-corrected chi connectivity index (χ2v) is 4.91. The van der Waals surface area contributed by atoms with E-state index < -0.39 is 0 Å². The van der Waals surface area contributed by atoms with Crippen LogP contribution in [0.2, 0.25) is 0 Å². The van der Waals surface area contributed by atoms with E-state index >= 15 is 0 Å². The van der Waals surface area contributed by atoms with Crippen molar-refractivity contribution in [2.75, 3.05) is 13.7 Å². The van der Waals surface area contributed by atoms with E-state index in [4.69, 9.17) is 9.47 Å². The highest BCUT2D eigenvalue weighted by Gasteiger charge is 2.14. The first-order valence-electron chi connectivity index (χ1n) is 7.08. The Bertz CT molecular complexity index is 615. The smallest absolute Gasteiger partial charge is 0.196 e. The third-order valence-electron chi connectivity index (χ3n) is 3.19. The number of ketones is 1. The van der Waals surface area contributed by atoms with E-state index in [1.165, 1.54) is 0 Å². The summed E-state index contributed by atoms with van der Waals surface area (Å²) in [4.78, 5) is 12.6. The minimum absolute atomic E-state index is 0.0439. The van der Waals surface area contributed by atoms with Crippen LogP contribution in [0.1, 0.15) is 34.8 Å². The van der Waals surface area contributed by atoms with Gasteiger partial charge in [-0.1, -0.05) is 18.6 Å². The molecule has 0 N–H and O–H groups in total. The molecule has 110 valence electrons. The SMILES string of the molecule is CCCOc1ccc(C(=O)c2cc(C)ccc2OC)cc1. The van der Waals surface area contributed by atoms with E-state index in [0.717, 1.165) is 17.7 Å². The fourth-order valence-electron chi connectivity index (χ4n) is 2.08. The van der Waals surface area contributed by atoms with E-state index in [2.05, 4.69) is 6.92 Å². The van der Waals surface area contributed by atoms with Crippen molar-refractivity contribution in [1.82, 2.24) is 0 Å². The van der Waals surface area contributed by atoms with E-state index in [-0.39, 0.29) is 5.78 Å². The Morgan fingerprint density at radius 1 is 1.10 bits per heavy atom. The zero-order valence-electron chi connectivity index (χ0n) is 12.7. The maximum Gasteiger partial charge on any atom is 0.196 e. The van der Waals surface area contributed by atoms with Crippen LogP contribution >= 0.6 is 0 Å². The van der Waals surface area contributed by atoms with Crippen LogP contribution < -0.4 is 9.47 Å². The average molecular weight is 284 g/mol. The molecule has 2 rings (SSSR count). The van der Waals surface area contributed by atoms with Crippen molar-refractivity contribution in [2.24, 2.45) is 0 Å². The first-order valence-corrected chi connectivity index (χ1v) is 7.08. The molecular formula is C18H20O3. The van der Waals surface area contributed by atoms with Crippen LogP contribution in [0.5, 0.6) is 11.5 Å². The molecule has 0 radical (unpaired) electrons. The molecule has 0 saturated carbocycles. The van der Waals surface area contributed by atoms with Gasteiger partial charge in [0, 0.05) is 5.56 Å². The summed E-state index contributed by atoms with van der Waals surface area (Å²) in [7, 11) is 1.57. The van der Waals surface area contributed by atoms with Crippen LogP contribution in [0.25, 0.3) is 0 Å². The van der Waals surface area contributed by atoms with Gasteiger partial charge in [-0.3, -0.25) is 4.79 Å². The van der Waals surface area contributed by atoms with Crippen LogP contribution in [0, 0.1) is 6.92 Å². The number of aryl methyl sites for hydroxylation is 1. The summed E-state index contributed by atoms with van der Waals surface area (Å²) in [6.45, 7) is 4.69. The van der Waals surface area contributed by atoms with Gasteiger partial charge in [-0.15, -0.1) is 0 Å². The molecule has 0 spiro atoms. The zero-order valence-corrected chi connectivity index (χ0v) is 12.7. The second-order valence-electron chi connectivity index (χ2n) is 4.91. The summed E-state index contributed by atoms with van der Waals surface area (Å²) in [5.74, 6) is 1.33. The number of methoxy groups -OCH3 is 1. The minimum Gasteiger partial charge on any atom is -0.496 e. The van der Waals surface area contributed by atoms with Crippen molar-refractivity contribution in [2.45, 2.75) is 20.3 Å². The van der Waals surface area contributed by atoms with E-state index in [0.29, 0.717) is 23.5 Å². The van der Waals surface area contributed by atoms with Gasteiger partial charge in [0.15, 0.2) is 5.78 Å². The fraction of sp³-hybridized carbons (Fsp3) is 0.278. The first kappa shape index (κ1) is 15.1. The Hall–Kier alpha value is -2.29. The van der Waals surface area contributed by atoms with Gasteiger partial charge < -0.3 is 9.47 Å². The molecule has 0 bridgehead atoms. The molecule has 0 aliphatic rings. The van der Waals surface area contributed by atoms with Crippen LogP contribution in [0.3, 0.4) is 0 Å². The summed E-state index contributed by atoms with van der Waals surface area (Å²) < 4.78 is 10.8. The molecule has 3 heteroatoms. The quantitative estimate of drug-likeness (QED) is 0.751. The third kappa shape index (κ3) is 3.63. The maximum absolute atomic E-state index is 12.6. The van der Waals surface area contributed by atoms with Gasteiger partial charge in [0.25, 0.3) is 0 Å². The largest absolute Gasteiger partial charge is 0.496 e. The molecule has 2 aromatic carbocycles. The molecule has 0 saturated heterocycles. The van der Waals surface area contributed by atoms with Crippen LogP contribution in [-0.4, -0.2) is 19.5 Å². The molecule has 0 fully saturated rings. The zero-order chi connectivity index (χ0) is 15.2. The van der Waals surface area contributed by atoms with Crippen LogP contribution in [-0.2, 0) is 0 Å². The van der Waals surface area contributed by atoms with E-state index in [1.54, 1.807) is 19.2 Å². The fourth-order valence-corrected chi connectivity index (χ4v) is 2.08. The summed E-state index contributed by atoms with van der Waals surface area (Å²) in [6, 6.07) is 12.8. The molecule has 0 atom stereocenters. The van der Waals surface area contributed by atoms with E-state index in [1.807, 2.05) is 37.3 Å². The number of hydrogen-bond donors (Lipinski definition) is 0. The van der Waals surface area contributed by atoms with Crippen molar-refractivity contribution < 1.29 is 14.3 Å². The van der Waals surface area contributed by atoms with Gasteiger partial charge in [0.1, 0.15) is 11.5 Å². The molecule has 21 heavy (non-hydrogen) atoms. The highest BCUT2D eigenvalue weighted by Crippen LogP contribution is 2.24. The number of rotatable bonds is 6. The van der Waals surface area contributed by atoms with Gasteiger partial charge in [-0.2, -0.15) is 0 Å². The molecule has 3 nitrogen and oxygen atoms in total. The Morgan fingerprint density at radius 2 is 1.81 bits per heavy atom. The lowest BCUT2D eigenvalue weighted by atomic mass is 10.0. The molecular weight excluding hydrogens is 264 g/mol. The molecule has 0 aliphatic heterocycles. The molecule has 2 aromatic rings. The summed E-state index contributed by atoms with van der Waals surface area (Å²) >= 11 is 0. The highest BCUT2D eigenvalue weighted by atomic mass is 16.5. The maximum atomic E-state index is 12.6. The van der Waals surface area contributed by atoms with Gasteiger partial charge >= 0.3 is 0 Å². The number of carbonyl (C=O) groups is 1. The summed E-state index contributed by atoms with van der Waals surface area (Å²) in [6.07, 6.45) is 0.959. The van der Waals surface area contributed by atoms with Crippen molar-refractivity contribution in [3.05, 3.63) is 59.2 Å². The lowest BCUT2D eigenvalue weighted by molar-refractivity contribution is 0.103. The minimum atomic E-state index is -0.0439. The Balaban J connectivity index is 2.25. The van der Waals surface area contributed by atoms with Crippen molar-refractivity contribution in [3.8, 4) is 11.5 Å². The molecule has 0 heterocycles. The molecule has 0 amide bonds. The van der Waals surface area contributed by atoms with Gasteiger partial charge in [-0.05, 0) is 49.7 Å². The van der Waals surface area contributed by atoms with Crippen LogP contribution in [0.15, 0.2) is 42.5 Å². The lowest BCUT2D eigenvalue weighted by Crippen LogP contribution is -2.04. The van der Waals surface area contributed by atoms with Crippen molar-refractivity contribution in [3.63, 3.8) is 0 Å². The number of carbonyl (C=O) groups excluding carboxylic acids is 1. The summed E-state index contributed by atoms with van der Waals surface area (Å²) in [5, 5.41) is 0. The first-order chi connectivity index (χ1) is 10.2. The number of hydrogen-bond acceptors (Lipinski definition) is 3. The van der Waals surface area contributed by atoms with Gasteiger partial charge in [0.05, 0.1) is 19.3 Å². The predicted molar refractivity (Wildman–Crippen MR) is 83.4 cm³/mol. The van der Waals surface area contributed by atoms with Crippen molar-refractivity contribution >= 4 is 5.78 Å². The highest BCUT2D eigenvalue weighted by molar-refractivity contribution is 6.10. The summed E-state index contributed by atoms with van der Waals surface area (Å²) in [5.41, 5.74) is 2.24. The number of ether oxygens (including phenoxy) is 2. The monoisotopic (exact) mass is 284 g/mol. The standard InChI is InChI=1S/C18H20O3/c1-4-11-21-15-8-6-14(7-9-15)18(19)16-12-13(2)5-10-17(16)20-3/h5-10,12H,4,11H2,1-3H3. The Labute approximate surface area is 125 Å². The van der Waals surface area contributed by atoms with Gasteiger partial charge in [-0.25, -0.2) is 0 Å². The lowest BCUT2D eigenvalue weighted by Gasteiger charge is -2.09. The molecule has 0 unspecified atom stereocenters. The van der Waals surface area contributed by atoms with Gasteiger partial charge in [0.2, 0.25) is 0 Å². The topological polar surface area (TPSA) is 35.5 Å².